The monoisotopic (exact) mass is 775 g/mol. The van der Waals surface area contributed by atoms with Gasteiger partial charge in [0.15, 0.2) is 0 Å². The second-order valence-corrected chi connectivity index (χ2v) is 15.1. The van der Waals surface area contributed by atoms with Crippen LogP contribution < -0.4 is 4.74 Å². The van der Waals surface area contributed by atoms with Crippen molar-refractivity contribution < 1.29 is 4.74 Å². The summed E-state index contributed by atoms with van der Waals surface area (Å²) in [6.45, 7) is 0. The molecule has 3 heterocycles. The van der Waals surface area contributed by atoms with Crippen LogP contribution in [0.15, 0.2) is 207 Å². The van der Waals surface area contributed by atoms with Gasteiger partial charge in [0.25, 0.3) is 0 Å². The zero-order valence-corrected chi connectivity index (χ0v) is 33.7. The maximum atomic E-state index is 5.56. The van der Waals surface area contributed by atoms with Crippen molar-refractivity contribution in [2.45, 2.75) is 25.7 Å². The molecular formula is C56H45N3O. The molecule has 0 aliphatic rings. The highest BCUT2D eigenvalue weighted by Crippen LogP contribution is 2.40. The van der Waals surface area contributed by atoms with Gasteiger partial charge in [0.2, 0.25) is 0 Å². The third-order valence-corrected chi connectivity index (χ3v) is 11.1. The van der Waals surface area contributed by atoms with E-state index in [1.165, 1.54) is 33.4 Å². The second-order valence-electron chi connectivity index (χ2n) is 15.1. The van der Waals surface area contributed by atoms with Gasteiger partial charge in [0, 0.05) is 40.8 Å². The average Bonchev–Trinajstić information content (AvgIpc) is 3.33. The van der Waals surface area contributed by atoms with Crippen LogP contribution in [0.4, 0.5) is 0 Å². The van der Waals surface area contributed by atoms with Crippen LogP contribution in [0.5, 0.6) is 5.75 Å². The highest BCUT2D eigenvalue weighted by atomic mass is 16.5. The number of hydrogen-bond acceptors (Lipinski definition) is 4. The molecule has 0 unspecified atom stereocenters. The molecule has 0 bridgehead atoms. The summed E-state index contributed by atoms with van der Waals surface area (Å²) in [6, 6.07) is 66.3. The van der Waals surface area contributed by atoms with Gasteiger partial charge in [-0.1, -0.05) is 158 Å². The maximum absolute atomic E-state index is 5.56. The third kappa shape index (κ3) is 8.84. The lowest BCUT2D eigenvalue weighted by Gasteiger charge is -2.17. The normalized spacial score (nSPS) is 11.0. The Balaban J connectivity index is 1.07. The number of benzene rings is 6. The van der Waals surface area contributed by atoms with Crippen LogP contribution in [-0.2, 0) is 25.7 Å². The Morgan fingerprint density at radius 2 is 0.817 bits per heavy atom. The smallest absolute Gasteiger partial charge is 0.119 e. The molecule has 9 rings (SSSR count). The predicted molar refractivity (Wildman–Crippen MR) is 247 cm³/mol. The molecule has 0 aliphatic carbocycles. The Morgan fingerprint density at radius 3 is 1.37 bits per heavy atom. The summed E-state index contributed by atoms with van der Waals surface area (Å²) in [5.74, 6) is 0.807. The Bertz CT molecular complexity index is 2720. The van der Waals surface area contributed by atoms with Crippen LogP contribution in [0.1, 0.15) is 22.3 Å². The van der Waals surface area contributed by atoms with E-state index in [0.29, 0.717) is 0 Å². The predicted octanol–water partition coefficient (Wildman–Crippen LogP) is 13.5. The molecule has 0 saturated heterocycles. The lowest BCUT2D eigenvalue weighted by molar-refractivity contribution is 0.415. The number of ether oxygens (including phenoxy) is 1. The average molecular weight is 776 g/mol. The van der Waals surface area contributed by atoms with Crippen molar-refractivity contribution in [1.29, 1.82) is 0 Å². The van der Waals surface area contributed by atoms with Gasteiger partial charge in [-0.15, -0.1) is 0 Å². The number of nitrogens with zero attached hydrogens (tertiary/aromatic N) is 3. The number of methoxy groups -OCH3 is 1. The molecule has 4 nitrogen and oxygen atoms in total. The first kappa shape index (κ1) is 38.1. The molecular weight excluding hydrogens is 731 g/mol. The molecule has 0 radical (unpaired) electrons. The molecule has 4 heteroatoms. The lowest BCUT2D eigenvalue weighted by atomic mass is 9.88. The fraction of sp³-hybridized carbons (Fsp3) is 0.0893. The van der Waals surface area contributed by atoms with Crippen LogP contribution in [0.25, 0.3) is 67.2 Å². The Morgan fingerprint density at radius 1 is 0.317 bits per heavy atom. The molecule has 3 aromatic heterocycles. The molecule has 0 spiro atoms. The first-order valence-corrected chi connectivity index (χ1v) is 20.6. The molecule has 6 aromatic carbocycles. The largest absolute Gasteiger partial charge is 0.497 e. The van der Waals surface area contributed by atoms with Crippen LogP contribution in [0, 0.1) is 0 Å². The fourth-order valence-electron chi connectivity index (χ4n) is 7.92. The minimum atomic E-state index is 0.807. The Hall–Kier alpha value is -7.43. The zero-order valence-electron chi connectivity index (χ0n) is 33.7. The summed E-state index contributed by atoms with van der Waals surface area (Å²) < 4.78 is 5.56. The van der Waals surface area contributed by atoms with Crippen molar-refractivity contribution in [1.82, 2.24) is 15.0 Å². The van der Waals surface area contributed by atoms with Crippen molar-refractivity contribution >= 4 is 0 Å². The van der Waals surface area contributed by atoms with Crippen molar-refractivity contribution in [2.24, 2.45) is 0 Å². The highest BCUT2D eigenvalue weighted by molar-refractivity contribution is 5.92. The number of rotatable bonds is 13. The maximum Gasteiger partial charge on any atom is 0.119 e. The van der Waals surface area contributed by atoms with E-state index in [2.05, 4.69) is 158 Å². The molecule has 0 saturated carbocycles. The van der Waals surface area contributed by atoms with Gasteiger partial charge in [-0.05, 0) is 106 Å². The van der Waals surface area contributed by atoms with E-state index in [1.807, 2.05) is 48.9 Å². The van der Waals surface area contributed by atoms with E-state index in [-0.39, 0.29) is 0 Å². The van der Waals surface area contributed by atoms with E-state index in [9.17, 15) is 0 Å². The number of aryl methyl sites for hydroxylation is 4. The molecule has 9 aromatic rings. The van der Waals surface area contributed by atoms with Gasteiger partial charge >= 0.3 is 0 Å². The second kappa shape index (κ2) is 18.0. The standard InChI is InChI=1S/C56H45N3O/c1-60-49-21-13-20-47(35-49)56-36-52(44-14-5-2-6-15-44)53(39-59-56)51-23-12-11-22-50(51)48-33-42(26-24-40-28-30-54(57-37-40)45-16-7-3-8-17-45)32-43(34-48)27-25-41-29-31-55(58-38-41)46-18-9-4-10-19-46/h2-23,28-39H,24-27H2,1H3. The van der Waals surface area contributed by atoms with Gasteiger partial charge in [-0.3, -0.25) is 15.0 Å². The zero-order chi connectivity index (χ0) is 40.5. The van der Waals surface area contributed by atoms with Gasteiger partial charge in [-0.2, -0.15) is 0 Å². The first-order valence-electron chi connectivity index (χ1n) is 20.6. The molecule has 0 atom stereocenters. The van der Waals surface area contributed by atoms with Crippen molar-refractivity contribution in [2.75, 3.05) is 7.11 Å². The van der Waals surface area contributed by atoms with E-state index >= 15 is 0 Å². The van der Waals surface area contributed by atoms with Gasteiger partial charge in [0.1, 0.15) is 5.75 Å². The highest BCUT2D eigenvalue weighted by Gasteiger charge is 2.17. The minimum Gasteiger partial charge on any atom is -0.497 e. The van der Waals surface area contributed by atoms with Crippen molar-refractivity contribution in [3.8, 4) is 72.9 Å². The van der Waals surface area contributed by atoms with Gasteiger partial charge < -0.3 is 4.74 Å². The van der Waals surface area contributed by atoms with Crippen molar-refractivity contribution in [3.63, 3.8) is 0 Å². The summed E-state index contributed by atoms with van der Waals surface area (Å²) in [5, 5.41) is 0. The van der Waals surface area contributed by atoms with E-state index < -0.39 is 0 Å². The molecule has 290 valence electrons. The lowest BCUT2D eigenvalue weighted by Crippen LogP contribution is -1.99. The summed E-state index contributed by atoms with van der Waals surface area (Å²) in [5.41, 5.74) is 18.1. The summed E-state index contributed by atoms with van der Waals surface area (Å²) in [6.07, 6.45) is 9.68. The topological polar surface area (TPSA) is 47.9 Å². The SMILES string of the molecule is COc1cccc(-c2cc(-c3ccccc3)c(-c3ccccc3-c3cc(CCc4ccc(-c5ccccc5)nc4)cc(CCc4ccc(-c5ccccc5)nc4)c3)cn2)c1. The quantitative estimate of drug-likeness (QED) is 0.117. The molecule has 0 N–H and O–H groups in total. The van der Waals surface area contributed by atoms with E-state index in [4.69, 9.17) is 19.7 Å². The Labute approximate surface area is 352 Å². The summed E-state index contributed by atoms with van der Waals surface area (Å²) >= 11 is 0. The van der Waals surface area contributed by atoms with Crippen LogP contribution in [-0.4, -0.2) is 22.1 Å². The van der Waals surface area contributed by atoms with Crippen LogP contribution in [0.3, 0.4) is 0 Å². The molecule has 0 amide bonds. The van der Waals surface area contributed by atoms with Crippen molar-refractivity contribution in [3.05, 3.63) is 229 Å². The van der Waals surface area contributed by atoms with Gasteiger partial charge in [0.05, 0.1) is 24.2 Å². The first-order chi connectivity index (χ1) is 29.7. The number of hydrogen-bond donors (Lipinski definition) is 0. The fourth-order valence-corrected chi connectivity index (χ4v) is 7.92. The third-order valence-electron chi connectivity index (χ3n) is 11.1. The summed E-state index contributed by atoms with van der Waals surface area (Å²) in [7, 11) is 1.70. The number of aromatic nitrogens is 3. The molecule has 0 aliphatic heterocycles. The molecule has 60 heavy (non-hydrogen) atoms. The Kier molecular flexibility index (Phi) is 11.4. The molecule has 0 fully saturated rings. The van der Waals surface area contributed by atoms with Crippen LogP contribution in [0.2, 0.25) is 0 Å². The summed E-state index contributed by atoms with van der Waals surface area (Å²) in [4.78, 5) is 14.7. The number of pyridine rings is 3. The minimum absolute atomic E-state index is 0.807. The van der Waals surface area contributed by atoms with Gasteiger partial charge in [-0.25, -0.2) is 0 Å². The van der Waals surface area contributed by atoms with E-state index in [0.717, 1.165) is 87.5 Å². The van der Waals surface area contributed by atoms with E-state index in [1.54, 1.807) is 7.11 Å². The van der Waals surface area contributed by atoms with Crippen LogP contribution >= 0.6 is 0 Å².